The van der Waals surface area contributed by atoms with Gasteiger partial charge in [-0.1, -0.05) is 17.7 Å². The van der Waals surface area contributed by atoms with Crippen molar-refractivity contribution >= 4 is 17.5 Å². The van der Waals surface area contributed by atoms with E-state index in [1.807, 2.05) is 30.0 Å². The van der Waals surface area contributed by atoms with Crippen LogP contribution in [0.3, 0.4) is 0 Å². The van der Waals surface area contributed by atoms with Gasteiger partial charge in [0, 0.05) is 32.2 Å². The molecule has 0 unspecified atom stereocenters. The van der Waals surface area contributed by atoms with Crippen molar-refractivity contribution in [2.75, 3.05) is 39.4 Å². The second kappa shape index (κ2) is 6.99. The molecule has 120 valence electrons. The van der Waals surface area contributed by atoms with E-state index in [2.05, 4.69) is 4.90 Å². The Labute approximate surface area is 137 Å². The molecule has 2 aliphatic rings. The quantitative estimate of drug-likeness (QED) is 0.839. The van der Waals surface area contributed by atoms with Gasteiger partial charge in [0.2, 0.25) is 0 Å². The number of ether oxygens (including phenoxy) is 1. The number of halogens is 1. The molecular weight excluding hydrogens is 300 g/mol. The zero-order chi connectivity index (χ0) is 15.5. The average Bonchev–Trinajstić information content (AvgIpc) is 2.55. The lowest BCUT2D eigenvalue weighted by atomic mass is 10.0. The summed E-state index contributed by atoms with van der Waals surface area (Å²) in [4.78, 5) is 17.1. The molecule has 2 heterocycles. The van der Waals surface area contributed by atoms with Crippen LogP contribution < -0.4 is 0 Å². The minimum Gasteiger partial charge on any atom is -0.379 e. The topological polar surface area (TPSA) is 32.8 Å². The highest BCUT2D eigenvalue weighted by Gasteiger charge is 2.28. The van der Waals surface area contributed by atoms with Crippen LogP contribution in [0, 0.1) is 6.92 Å². The number of hydrogen-bond acceptors (Lipinski definition) is 3. The Kier molecular flexibility index (Phi) is 5.01. The fourth-order valence-corrected chi connectivity index (χ4v) is 3.66. The number of likely N-dealkylation sites (tertiary alicyclic amines) is 1. The molecule has 5 heteroatoms. The third kappa shape index (κ3) is 3.45. The number of rotatable bonds is 2. The van der Waals surface area contributed by atoms with Crippen molar-refractivity contribution in [2.45, 2.75) is 25.8 Å². The summed E-state index contributed by atoms with van der Waals surface area (Å²) in [5.41, 5.74) is 1.70. The van der Waals surface area contributed by atoms with Crippen molar-refractivity contribution in [3.05, 3.63) is 34.3 Å². The van der Waals surface area contributed by atoms with Gasteiger partial charge in [-0.2, -0.15) is 0 Å². The molecule has 0 atom stereocenters. The highest BCUT2D eigenvalue weighted by atomic mass is 35.5. The molecular formula is C17H23ClN2O2. The third-order valence-electron chi connectivity index (χ3n) is 4.67. The molecule has 1 aromatic rings. The molecule has 2 aliphatic heterocycles. The first-order valence-corrected chi connectivity index (χ1v) is 8.40. The molecule has 3 rings (SSSR count). The van der Waals surface area contributed by atoms with Crippen LogP contribution in [0.4, 0.5) is 0 Å². The van der Waals surface area contributed by atoms with Gasteiger partial charge >= 0.3 is 0 Å². The van der Waals surface area contributed by atoms with E-state index in [0.717, 1.165) is 57.8 Å². The van der Waals surface area contributed by atoms with Crippen molar-refractivity contribution in [1.29, 1.82) is 0 Å². The Morgan fingerprint density at radius 1 is 1.18 bits per heavy atom. The zero-order valence-corrected chi connectivity index (χ0v) is 13.8. The van der Waals surface area contributed by atoms with Crippen LogP contribution in [0.25, 0.3) is 0 Å². The van der Waals surface area contributed by atoms with E-state index < -0.39 is 0 Å². The monoisotopic (exact) mass is 322 g/mol. The molecule has 0 radical (unpaired) electrons. The minimum atomic E-state index is 0.0606. The predicted molar refractivity (Wildman–Crippen MR) is 87.5 cm³/mol. The van der Waals surface area contributed by atoms with Crippen LogP contribution in [-0.2, 0) is 4.74 Å². The number of benzene rings is 1. The lowest BCUT2D eigenvalue weighted by Crippen LogP contribution is -2.50. The summed E-state index contributed by atoms with van der Waals surface area (Å²) in [5.74, 6) is 0.0606. The van der Waals surface area contributed by atoms with E-state index in [0.29, 0.717) is 16.6 Å². The highest BCUT2D eigenvalue weighted by Crippen LogP contribution is 2.23. The van der Waals surface area contributed by atoms with Crippen LogP contribution in [0.15, 0.2) is 18.2 Å². The molecule has 0 aliphatic carbocycles. The molecule has 22 heavy (non-hydrogen) atoms. The van der Waals surface area contributed by atoms with E-state index in [9.17, 15) is 4.79 Å². The van der Waals surface area contributed by atoms with Gasteiger partial charge in [-0.25, -0.2) is 0 Å². The number of carbonyl (C=O) groups excluding carboxylic acids is 1. The van der Waals surface area contributed by atoms with Crippen molar-refractivity contribution < 1.29 is 9.53 Å². The van der Waals surface area contributed by atoms with Crippen molar-refractivity contribution in [3.63, 3.8) is 0 Å². The van der Waals surface area contributed by atoms with E-state index >= 15 is 0 Å². The van der Waals surface area contributed by atoms with Crippen LogP contribution in [-0.4, -0.2) is 61.1 Å². The first-order valence-electron chi connectivity index (χ1n) is 8.02. The smallest absolute Gasteiger partial charge is 0.255 e. The predicted octanol–water partition coefficient (Wildman–Crippen LogP) is 2.59. The summed E-state index contributed by atoms with van der Waals surface area (Å²) in [6.45, 7) is 7.30. The first-order chi connectivity index (χ1) is 10.6. The Hall–Kier alpha value is -1.10. The summed E-state index contributed by atoms with van der Waals surface area (Å²) in [6, 6.07) is 6.23. The van der Waals surface area contributed by atoms with Crippen molar-refractivity contribution in [1.82, 2.24) is 9.80 Å². The number of morpholine rings is 1. The Bertz CT molecular complexity index is 535. The normalized spacial score (nSPS) is 21.1. The van der Waals surface area contributed by atoms with Crippen LogP contribution >= 0.6 is 11.6 Å². The number of hydrogen-bond donors (Lipinski definition) is 0. The standard InChI is InChI=1S/C17H23ClN2O2/c1-13-2-3-15(16(18)12-13)17(21)20-6-4-14(5-7-20)19-8-10-22-11-9-19/h2-3,12,14H,4-11H2,1H3. The maximum Gasteiger partial charge on any atom is 0.255 e. The minimum absolute atomic E-state index is 0.0606. The highest BCUT2D eigenvalue weighted by molar-refractivity contribution is 6.33. The molecule has 4 nitrogen and oxygen atoms in total. The SMILES string of the molecule is Cc1ccc(C(=O)N2CCC(N3CCOCC3)CC2)c(Cl)c1. The number of aryl methyl sites for hydroxylation is 1. The summed E-state index contributed by atoms with van der Waals surface area (Å²) in [5, 5.41) is 0.556. The number of carbonyl (C=O) groups is 1. The van der Waals surface area contributed by atoms with Gasteiger partial charge in [0.05, 0.1) is 23.8 Å². The van der Waals surface area contributed by atoms with Gasteiger partial charge in [-0.3, -0.25) is 9.69 Å². The van der Waals surface area contributed by atoms with E-state index in [1.165, 1.54) is 0 Å². The van der Waals surface area contributed by atoms with Crippen LogP contribution in [0.5, 0.6) is 0 Å². The van der Waals surface area contributed by atoms with Crippen molar-refractivity contribution in [3.8, 4) is 0 Å². The number of nitrogens with zero attached hydrogens (tertiary/aromatic N) is 2. The molecule has 0 saturated carbocycles. The molecule has 1 amide bonds. The molecule has 0 spiro atoms. The van der Waals surface area contributed by atoms with E-state index in [1.54, 1.807) is 0 Å². The maximum atomic E-state index is 12.6. The Morgan fingerprint density at radius 3 is 2.50 bits per heavy atom. The lowest BCUT2D eigenvalue weighted by molar-refractivity contribution is 0.00159. The van der Waals surface area contributed by atoms with Gasteiger partial charge in [0.1, 0.15) is 0 Å². The number of amides is 1. The van der Waals surface area contributed by atoms with Gasteiger partial charge < -0.3 is 9.64 Å². The van der Waals surface area contributed by atoms with E-state index in [-0.39, 0.29) is 5.91 Å². The summed E-state index contributed by atoms with van der Waals surface area (Å²) in [7, 11) is 0. The molecule has 2 fully saturated rings. The van der Waals surface area contributed by atoms with E-state index in [4.69, 9.17) is 16.3 Å². The first kappa shape index (κ1) is 15.8. The molecule has 1 aromatic carbocycles. The second-order valence-electron chi connectivity index (χ2n) is 6.16. The van der Waals surface area contributed by atoms with Gasteiger partial charge in [0.15, 0.2) is 0 Å². The fraction of sp³-hybridized carbons (Fsp3) is 0.588. The lowest BCUT2D eigenvalue weighted by Gasteiger charge is -2.40. The number of piperidine rings is 1. The summed E-state index contributed by atoms with van der Waals surface area (Å²) < 4.78 is 5.41. The van der Waals surface area contributed by atoms with Crippen LogP contribution in [0.2, 0.25) is 5.02 Å². The second-order valence-corrected chi connectivity index (χ2v) is 6.56. The van der Waals surface area contributed by atoms with Crippen LogP contribution in [0.1, 0.15) is 28.8 Å². The summed E-state index contributed by atoms with van der Waals surface area (Å²) in [6.07, 6.45) is 2.07. The molecule has 0 aromatic heterocycles. The summed E-state index contributed by atoms with van der Waals surface area (Å²) >= 11 is 6.22. The average molecular weight is 323 g/mol. The maximum absolute atomic E-state index is 12.6. The molecule has 2 saturated heterocycles. The zero-order valence-electron chi connectivity index (χ0n) is 13.1. The van der Waals surface area contributed by atoms with Gasteiger partial charge in [-0.05, 0) is 37.5 Å². The molecule has 0 bridgehead atoms. The largest absolute Gasteiger partial charge is 0.379 e. The van der Waals surface area contributed by atoms with Gasteiger partial charge in [-0.15, -0.1) is 0 Å². The third-order valence-corrected chi connectivity index (χ3v) is 4.98. The molecule has 0 N–H and O–H groups in total. The Morgan fingerprint density at radius 2 is 1.86 bits per heavy atom. The van der Waals surface area contributed by atoms with Gasteiger partial charge in [0.25, 0.3) is 5.91 Å². The Balaban J connectivity index is 1.59. The van der Waals surface area contributed by atoms with Crippen molar-refractivity contribution in [2.24, 2.45) is 0 Å². The fourth-order valence-electron chi connectivity index (χ4n) is 3.34.